The molecule has 4 rings (SSSR count). The lowest BCUT2D eigenvalue weighted by atomic mass is 10.1. The molecule has 3 nitrogen and oxygen atoms in total. The van der Waals surface area contributed by atoms with Crippen molar-refractivity contribution in [2.24, 2.45) is 0 Å². The van der Waals surface area contributed by atoms with Gasteiger partial charge in [-0.25, -0.2) is 4.39 Å². The van der Waals surface area contributed by atoms with Gasteiger partial charge in [-0.05, 0) is 76.5 Å². The summed E-state index contributed by atoms with van der Waals surface area (Å²) in [4.78, 5) is 14.9. The molecule has 5 heteroatoms. The van der Waals surface area contributed by atoms with Crippen molar-refractivity contribution < 1.29 is 13.9 Å². The van der Waals surface area contributed by atoms with Crippen molar-refractivity contribution in [3.8, 4) is 5.75 Å². The molecule has 0 bridgehead atoms. The minimum absolute atomic E-state index is 0.204. The van der Waals surface area contributed by atoms with Crippen molar-refractivity contribution in [2.45, 2.75) is 6.92 Å². The van der Waals surface area contributed by atoms with Gasteiger partial charge in [0.15, 0.2) is 0 Å². The van der Waals surface area contributed by atoms with E-state index in [0.29, 0.717) is 23.6 Å². The van der Waals surface area contributed by atoms with E-state index in [-0.39, 0.29) is 11.7 Å². The molecule has 3 aromatic rings. The summed E-state index contributed by atoms with van der Waals surface area (Å²) < 4.78 is 20.2. The largest absolute Gasteiger partial charge is 0.493 e. The van der Waals surface area contributed by atoms with E-state index in [1.165, 1.54) is 12.1 Å². The summed E-state index contributed by atoms with van der Waals surface area (Å²) in [6.07, 6.45) is 3.66. The van der Waals surface area contributed by atoms with Crippen molar-refractivity contribution in [2.75, 3.05) is 11.5 Å². The Bertz CT molecular complexity index is 1150. The van der Waals surface area contributed by atoms with Crippen LogP contribution in [0.3, 0.4) is 0 Å². The van der Waals surface area contributed by atoms with Crippen molar-refractivity contribution in [1.29, 1.82) is 0 Å². The van der Waals surface area contributed by atoms with Gasteiger partial charge in [0.05, 0.1) is 22.5 Å². The van der Waals surface area contributed by atoms with Gasteiger partial charge in [0.2, 0.25) is 0 Å². The van der Waals surface area contributed by atoms with Crippen LogP contribution in [0.5, 0.6) is 5.75 Å². The van der Waals surface area contributed by atoms with Gasteiger partial charge in [-0.15, -0.1) is 0 Å². The minimum atomic E-state index is -0.388. The van der Waals surface area contributed by atoms with Gasteiger partial charge >= 0.3 is 0 Å². The maximum Gasteiger partial charge on any atom is 0.262 e. The van der Waals surface area contributed by atoms with Gasteiger partial charge in [0.25, 0.3) is 5.91 Å². The molecule has 0 saturated heterocycles. The summed E-state index contributed by atoms with van der Waals surface area (Å²) in [6, 6.07) is 21.3. The van der Waals surface area contributed by atoms with Gasteiger partial charge in [-0.1, -0.05) is 42.5 Å². The normalized spacial score (nSPS) is 14.9. The third-order valence-electron chi connectivity index (χ3n) is 4.70. The quantitative estimate of drug-likeness (QED) is 0.406. The Labute approximate surface area is 183 Å². The zero-order chi connectivity index (χ0) is 21.1. The second kappa shape index (κ2) is 8.67. The molecular formula is C25H19BrFNO2. The summed E-state index contributed by atoms with van der Waals surface area (Å²) in [6.45, 7) is 2.50. The standard InChI is InChI=1S/C25H19BrFNO2/c1-2-30-24-12-11-17(14-22(24)26)13-19-15-23(18-7-4-3-5-8-18)28(25(19)29)21-10-6-9-20(27)16-21/h3-16H,2H2,1H3/b19-13+. The SMILES string of the molecule is CCOc1ccc(/C=C2\C=C(c3ccccc3)N(c3cccc(F)c3)C2=O)cc1Br. The van der Waals surface area contributed by atoms with Gasteiger partial charge < -0.3 is 4.74 Å². The summed E-state index contributed by atoms with van der Waals surface area (Å²) >= 11 is 3.51. The van der Waals surface area contributed by atoms with Crippen LogP contribution in [0.1, 0.15) is 18.1 Å². The first-order valence-corrected chi connectivity index (χ1v) is 10.4. The van der Waals surface area contributed by atoms with Crippen LogP contribution >= 0.6 is 15.9 Å². The third kappa shape index (κ3) is 4.07. The predicted octanol–water partition coefficient (Wildman–Crippen LogP) is 6.46. The van der Waals surface area contributed by atoms with Gasteiger partial charge in [-0.2, -0.15) is 0 Å². The fourth-order valence-corrected chi connectivity index (χ4v) is 3.88. The van der Waals surface area contributed by atoms with E-state index in [9.17, 15) is 9.18 Å². The minimum Gasteiger partial charge on any atom is -0.493 e. The Kier molecular flexibility index (Phi) is 5.81. The van der Waals surface area contributed by atoms with Gasteiger partial charge in [0, 0.05) is 5.57 Å². The van der Waals surface area contributed by atoms with Crippen LogP contribution in [0.2, 0.25) is 0 Å². The van der Waals surface area contributed by atoms with Crippen LogP contribution in [-0.4, -0.2) is 12.5 Å². The number of halogens is 2. The van der Waals surface area contributed by atoms with E-state index in [4.69, 9.17) is 4.74 Å². The van der Waals surface area contributed by atoms with Crippen LogP contribution in [0.25, 0.3) is 11.8 Å². The topological polar surface area (TPSA) is 29.5 Å². The zero-order valence-electron chi connectivity index (χ0n) is 16.3. The molecule has 0 radical (unpaired) electrons. The Hall–Kier alpha value is -3.18. The molecule has 3 aromatic carbocycles. The highest BCUT2D eigenvalue weighted by Crippen LogP contribution is 2.36. The molecule has 1 amide bonds. The fraction of sp³-hybridized carbons (Fsp3) is 0.0800. The molecule has 150 valence electrons. The monoisotopic (exact) mass is 463 g/mol. The number of rotatable bonds is 5. The van der Waals surface area contributed by atoms with Crippen molar-refractivity contribution in [3.05, 3.63) is 106 Å². The van der Waals surface area contributed by atoms with Crippen LogP contribution < -0.4 is 9.64 Å². The fourth-order valence-electron chi connectivity index (χ4n) is 3.37. The molecule has 0 aliphatic carbocycles. The third-order valence-corrected chi connectivity index (χ3v) is 5.32. The smallest absolute Gasteiger partial charge is 0.262 e. The first kappa shape index (κ1) is 20.1. The number of hydrogen-bond acceptors (Lipinski definition) is 2. The van der Waals surface area contributed by atoms with Crippen LogP contribution in [0.4, 0.5) is 10.1 Å². The average molecular weight is 464 g/mol. The van der Waals surface area contributed by atoms with Gasteiger partial charge in [0.1, 0.15) is 11.6 Å². The summed E-state index contributed by atoms with van der Waals surface area (Å²) in [5.74, 6) is 0.157. The molecule has 0 fully saturated rings. The van der Waals surface area contributed by atoms with E-state index in [0.717, 1.165) is 21.3 Å². The molecule has 1 aliphatic rings. The number of anilines is 1. The Morgan fingerprint density at radius 2 is 1.83 bits per heavy atom. The van der Waals surface area contributed by atoms with E-state index in [1.54, 1.807) is 17.0 Å². The number of benzene rings is 3. The highest BCUT2D eigenvalue weighted by Gasteiger charge is 2.30. The summed E-state index contributed by atoms with van der Waals surface area (Å²) in [7, 11) is 0. The van der Waals surface area contributed by atoms with Crippen LogP contribution in [0.15, 0.2) is 88.9 Å². The number of carbonyl (C=O) groups is 1. The molecule has 0 spiro atoms. The first-order valence-electron chi connectivity index (χ1n) is 9.58. The van der Waals surface area contributed by atoms with E-state index < -0.39 is 0 Å². The molecule has 0 saturated carbocycles. The molecule has 0 N–H and O–H groups in total. The van der Waals surface area contributed by atoms with Crippen molar-refractivity contribution >= 4 is 39.3 Å². The van der Waals surface area contributed by atoms with Crippen molar-refractivity contribution in [1.82, 2.24) is 0 Å². The lowest BCUT2D eigenvalue weighted by Gasteiger charge is -2.20. The molecule has 0 aromatic heterocycles. The second-order valence-corrected chi connectivity index (χ2v) is 7.59. The van der Waals surface area contributed by atoms with Crippen molar-refractivity contribution in [3.63, 3.8) is 0 Å². The van der Waals surface area contributed by atoms with E-state index in [1.807, 2.05) is 67.6 Å². The number of nitrogens with zero attached hydrogens (tertiary/aromatic N) is 1. The highest BCUT2D eigenvalue weighted by atomic mass is 79.9. The lowest BCUT2D eigenvalue weighted by Crippen LogP contribution is -2.25. The number of carbonyl (C=O) groups excluding carboxylic acids is 1. The van der Waals surface area contributed by atoms with E-state index in [2.05, 4.69) is 15.9 Å². The molecular weight excluding hydrogens is 445 g/mol. The predicted molar refractivity (Wildman–Crippen MR) is 122 cm³/mol. The molecule has 1 aliphatic heterocycles. The summed E-state index contributed by atoms with van der Waals surface area (Å²) in [5.41, 5.74) is 3.47. The first-order chi connectivity index (χ1) is 14.6. The molecule has 1 heterocycles. The molecule has 30 heavy (non-hydrogen) atoms. The lowest BCUT2D eigenvalue weighted by molar-refractivity contribution is -0.113. The Balaban J connectivity index is 1.78. The Morgan fingerprint density at radius 3 is 2.53 bits per heavy atom. The summed E-state index contributed by atoms with van der Waals surface area (Å²) in [5, 5.41) is 0. The average Bonchev–Trinajstić information content (AvgIpc) is 3.07. The van der Waals surface area contributed by atoms with Gasteiger partial charge in [-0.3, -0.25) is 9.69 Å². The number of amides is 1. The Morgan fingerprint density at radius 1 is 1.03 bits per heavy atom. The zero-order valence-corrected chi connectivity index (χ0v) is 17.9. The van der Waals surface area contributed by atoms with Crippen LogP contribution in [-0.2, 0) is 4.79 Å². The number of hydrogen-bond donors (Lipinski definition) is 0. The second-order valence-electron chi connectivity index (χ2n) is 6.74. The molecule has 0 unspecified atom stereocenters. The van der Waals surface area contributed by atoms with Crippen LogP contribution in [0, 0.1) is 5.82 Å². The number of ether oxygens (including phenoxy) is 1. The molecule has 0 atom stereocenters. The van der Waals surface area contributed by atoms with E-state index >= 15 is 0 Å². The maximum absolute atomic E-state index is 13.9. The maximum atomic E-state index is 13.9. The highest BCUT2D eigenvalue weighted by molar-refractivity contribution is 9.10.